The van der Waals surface area contributed by atoms with E-state index in [1.54, 1.807) is 0 Å². The van der Waals surface area contributed by atoms with Crippen molar-refractivity contribution in [1.29, 1.82) is 0 Å². The van der Waals surface area contributed by atoms with Gasteiger partial charge in [0.15, 0.2) is 0 Å². The topological polar surface area (TPSA) is 78.9 Å². The molecule has 0 aromatic heterocycles. The summed E-state index contributed by atoms with van der Waals surface area (Å²) in [5.41, 5.74) is 0. The van der Waals surface area contributed by atoms with Crippen molar-refractivity contribution in [2.75, 3.05) is 19.7 Å². The molecule has 0 aromatic rings. The second-order valence-electron chi connectivity index (χ2n) is 5.18. The van der Waals surface area contributed by atoms with Crippen LogP contribution in [0.4, 0.5) is 4.79 Å². The summed E-state index contributed by atoms with van der Waals surface area (Å²) >= 11 is 0. The van der Waals surface area contributed by atoms with Gasteiger partial charge in [0.2, 0.25) is 0 Å². The van der Waals surface area contributed by atoms with E-state index in [-0.39, 0.29) is 24.6 Å². The largest absolute Gasteiger partial charge is 0.481 e. The van der Waals surface area contributed by atoms with Crippen LogP contribution in [-0.4, -0.2) is 53.8 Å². The number of nitrogens with one attached hydrogen (secondary N) is 1. The number of hydrogen-bond acceptors (Lipinski definition) is 3. The predicted octanol–water partition coefficient (Wildman–Crippen LogP) is 1.20. The fraction of sp³-hybridized carbons (Fsp3) is 0.846. The molecule has 2 aliphatic heterocycles. The normalized spacial score (nSPS) is 26.6. The SMILES string of the molecule is O=C(O)CCCNC(=O)N1CCCC1C1CCCO1. The third kappa shape index (κ3) is 3.83. The van der Waals surface area contributed by atoms with Crippen LogP contribution in [-0.2, 0) is 9.53 Å². The van der Waals surface area contributed by atoms with Gasteiger partial charge >= 0.3 is 12.0 Å². The summed E-state index contributed by atoms with van der Waals surface area (Å²) in [4.78, 5) is 24.3. The lowest BCUT2D eigenvalue weighted by Gasteiger charge is -2.28. The van der Waals surface area contributed by atoms with E-state index < -0.39 is 5.97 Å². The van der Waals surface area contributed by atoms with Crippen LogP contribution in [0.15, 0.2) is 0 Å². The second-order valence-corrected chi connectivity index (χ2v) is 5.18. The molecule has 2 heterocycles. The van der Waals surface area contributed by atoms with Gasteiger partial charge in [-0.05, 0) is 32.1 Å². The molecule has 0 radical (unpaired) electrons. The monoisotopic (exact) mass is 270 g/mol. The van der Waals surface area contributed by atoms with Crippen LogP contribution in [0.5, 0.6) is 0 Å². The van der Waals surface area contributed by atoms with Gasteiger partial charge < -0.3 is 20.1 Å². The molecule has 2 unspecified atom stereocenters. The van der Waals surface area contributed by atoms with Gasteiger partial charge in [0.25, 0.3) is 0 Å². The first-order valence-corrected chi connectivity index (χ1v) is 7.06. The maximum atomic E-state index is 12.1. The lowest BCUT2D eigenvalue weighted by Crippen LogP contribution is -2.47. The molecule has 0 saturated carbocycles. The summed E-state index contributed by atoms with van der Waals surface area (Å²) in [6.45, 7) is 1.99. The summed E-state index contributed by atoms with van der Waals surface area (Å²) < 4.78 is 5.67. The number of ether oxygens (including phenoxy) is 1. The van der Waals surface area contributed by atoms with Crippen LogP contribution < -0.4 is 5.32 Å². The van der Waals surface area contributed by atoms with E-state index in [0.29, 0.717) is 13.0 Å². The Morgan fingerprint density at radius 1 is 1.32 bits per heavy atom. The molecular weight excluding hydrogens is 248 g/mol. The predicted molar refractivity (Wildman–Crippen MR) is 69.0 cm³/mol. The number of nitrogens with zero attached hydrogens (tertiary/aromatic N) is 1. The summed E-state index contributed by atoms with van der Waals surface area (Å²) in [6, 6.07) is 0.116. The maximum absolute atomic E-state index is 12.1. The molecule has 6 heteroatoms. The second kappa shape index (κ2) is 6.75. The van der Waals surface area contributed by atoms with E-state index in [1.807, 2.05) is 4.90 Å². The van der Waals surface area contributed by atoms with Crippen LogP contribution >= 0.6 is 0 Å². The third-order valence-electron chi connectivity index (χ3n) is 3.80. The highest BCUT2D eigenvalue weighted by Gasteiger charge is 2.36. The molecule has 2 aliphatic rings. The zero-order valence-electron chi connectivity index (χ0n) is 11.1. The zero-order valence-corrected chi connectivity index (χ0v) is 11.1. The number of carboxylic acids is 1. The summed E-state index contributed by atoms with van der Waals surface area (Å²) in [7, 11) is 0. The molecule has 0 spiro atoms. The Labute approximate surface area is 113 Å². The van der Waals surface area contributed by atoms with Gasteiger partial charge in [0.1, 0.15) is 0 Å². The Morgan fingerprint density at radius 3 is 2.84 bits per heavy atom. The Bertz CT molecular complexity index is 329. The van der Waals surface area contributed by atoms with Crippen LogP contribution in [0.25, 0.3) is 0 Å². The number of carbonyl (C=O) groups is 2. The first-order chi connectivity index (χ1) is 9.18. The average Bonchev–Trinajstić information content (AvgIpc) is 3.02. The smallest absolute Gasteiger partial charge is 0.317 e. The fourth-order valence-corrected chi connectivity index (χ4v) is 2.87. The molecule has 2 amide bonds. The van der Waals surface area contributed by atoms with Gasteiger partial charge in [0.05, 0.1) is 12.1 Å². The standard InChI is InChI=1S/C13H22N2O4/c16-12(17)6-1-7-14-13(18)15-8-2-4-10(15)11-5-3-9-19-11/h10-11H,1-9H2,(H,14,18)(H,16,17). The molecule has 0 bridgehead atoms. The molecule has 2 N–H and O–H groups in total. The van der Waals surface area contributed by atoms with Crippen LogP contribution in [0.2, 0.25) is 0 Å². The number of likely N-dealkylation sites (tertiary alicyclic amines) is 1. The highest BCUT2D eigenvalue weighted by molar-refractivity contribution is 5.75. The number of amides is 2. The van der Waals surface area contributed by atoms with Gasteiger partial charge in [-0.15, -0.1) is 0 Å². The highest BCUT2D eigenvalue weighted by Crippen LogP contribution is 2.27. The van der Waals surface area contributed by atoms with Gasteiger partial charge in [0, 0.05) is 26.1 Å². The molecule has 6 nitrogen and oxygen atoms in total. The summed E-state index contributed by atoms with van der Waals surface area (Å²) in [5, 5.41) is 11.3. The minimum atomic E-state index is -0.826. The average molecular weight is 270 g/mol. The van der Waals surface area contributed by atoms with Crippen molar-refractivity contribution >= 4 is 12.0 Å². The first kappa shape index (κ1) is 14.1. The molecule has 2 atom stereocenters. The Hall–Kier alpha value is -1.30. The lowest BCUT2D eigenvalue weighted by molar-refractivity contribution is -0.137. The van der Waals surface area contributed by atoms with E-state index in [9.17, 15) is 9.59 Å². The van der Waals surface area contributed by atoms with Crippen molar-refractivity contribution in [3.63, 3.8) is 0 Å². The van der Waals surface area contributed by atoms with Gasteiger partial charge in [-0.2, -0.15) is 0 Å². The number of aliphatic carboxylic acids is 1. The Kier molecular flexibility index (Phi) is 5.01. The molecule has 0 aromatic carbocycles. The third-order valence-corrected chi connectivity index (χ3v) is 3.80. The quantitative estimate of drug-likeness (QED) is 0.736. The number of hydrogen-bond donors (Lipinski definition) is 2. The van der Waals surface area contributed by atoms with Crippen molar-refractivity contribution in [3.8, 4) is 0 Å². The Balaban J connectivity index is 1.75. The van der Waals surface area contributed by atoms with E-state index >= 15 is 0 Å². The van der Waals surface area contributed by atoms with Crippen molar-refractivity contribution in [2.45, 2.75) is 50.7 Å². The number of carbonyl (C=O) groups excluding carboxylic acids is 1. The fourth-order valence-electron chi connectivity index (χ4n) is 2.87. The van der Waals surface area contributed by atoms with E-state index in [1.165, 1.54) is 0 Å². The minimum Gasteiger partial charge on any atom is -0.481 e. The molecule has 2 rings (SSSR count). The van der Waals surface area contributed by atoms with Crippen LogP contribution in [0, 0.1) is 0 Å². The minimum absolute atomic E-state index is 0.0802. The van der Waals surface area contributed by atoms with Gasteiger partial charge in [-0.25, -0.2) is 4.79 Å². The molecular formula is C13H22N2O4. The maximum Gasteiger partial charge on any atom is 0.317 e. The van der Waals surface area contributed by atoms with Crippen LogP contribution in [0.1, 0.15) is 38.5 Å². The molecule has 0 aliphatic carbocycles. The van der Waals surface area contributed by atoms with Crippen molar-refractivity contribution in [2.24, 2.45) is 0 Å². The number of carboxylic acid groups (broad SMARTS) is 1. The van der Waals surface area contributed by atoms with E-state index in [2.05, 4.69) is 5.32 Å². The molecule has 108 valence electrons. The molecule has 2 saturated heterocycles. The number of rotatable bonds is 5. The van der Waals surface area contributed by atoms with Crippen LogP contribution in [0.3, 0.4) is 0 Å². The van der Waals surface area contributed by atoms with E-state index in [0.717, 1.165) is 38.8 Å². The highest BCUT2D eigenvalue weighted by atomic mass is 16.5. The summed E-state index contributed by atoms with van der Waals surface area (Å²) in [6.07, 6.45) is 4.89. The number of urea groups is 1. The van der Waals surface area contributed by atoms with E-state index in [4.69, 9.17) is 9.84 Å². The molecule has 2 fully saturated rings. The summed E-state index contributed by atoms with van der Waals surface area (Å²) in [5.74, 6) is -0.826. The zero-order chi connectivity index (χ0) is 13.7. The van der Waals surface area contributed by atoms with Crippen molar-refractivity contribution < 1.29 is 19.4 Å². The Morgan fingerprint density at radius 2 is 2.16 bits per heavy atom. The van der Waals surface area contributed by atoms with Gasteiger partial charge in [-0.3, -0.25) is 4.79 Å². The lowest BCUT2D eigenvalue weighted by atomic mass is 10.1. The van der Waals surface area contributed by atoms with Crippen molar-refractivity contribution in [3.05, 3.63) is 0 Å². The first-order valence-electron chi connectivity index (χ1n) is 7.06. The van der Waals surface area contributed by atoms with Gasteiger partial charge in [-0.1, -0.05) is 0 Å². The van der Waals surface area contributed by atoms with Crippen molar-refractivity contribution in [1.82, 2.24) is 10.2 Å². The molecule has 19 heavy (non-hydrogen) atoms.